The SMILES string of the molecule is CC(NC(=O)CSCc1ccc(C(=O)N2CCCC2)cc1)c1ccc2c(c1)OCCO2. The summed E-state index contributed by atoms with van der Waals surface area (Å²) in [6.45, 7) is 4.78. The van der Waals surface area contributed by atoms with Gasteiger partial charge in [-0.05, 0) is 55.2 Å². The molecule has 164 valence electrons. The van der Waals surface area contributed by atoms with Crippen molar-refractivity contribution in [3.05, 3.63) is 59.2 Å². The maximum atomic E-state index is 12.4. The standard InChI is InChI=1S/C24H28N2O4S/c1-17(20-8-9-21-22(14-20)30-13-12-29-21)25-23(27)16-31-15-18-4-6-19(7-5-18)24(28)26-10-2-3-11-26/h4-9,14,17H,2-3,10-13,15-16H2,1H3,(H,25,27). The van der Waals surface area contributed by atoms with Crippen LogP contribution in [0.25, 0.3) is 0 Å². The number of hydrogen-bond acceptors (Lipinski definition) is 5. The first kappa shape index (κ1) is 21.6. The average Bonchev–Trinajstić information content (AvgIpc) is 3.34. The molecular weight excluding hydrogens is 412 g/mol. The first-order chi connectivity index (χ1) is 15.1. The molecule has 2 heterocycles. The van der Waals surface area contributed by atoms with Crippen molar-refractivity contribution in [3.8, 4) is 11.5 Å². The van der Waals surface area contributed by atoms with E-state index in [1.165, 1.54) is 0 Å². The molecule has 0 bridgehead atoms. The van der Waals surface area contributed by atoms with Crippen molar-refractivity contribution in [2.45, 2.75) is 31.6 Å². The van der Waals surface area contributed by atoms with Gasteiger partial charge in [-0.15, -0.1) is 11.8 Å². The van der Waals surface area contributed by atoms with Crippen LogP contribution in [0.5, 0.6) is 11.5 Å². The van der Waals surface area contributed by atoms with Gasteiger partial charge in [0.05, 0.1) is 11.8 Å². The zero-order valence-electron chi connectivity index (χ0n) is 17.8. The van der Waals surface area contributed by atoms with Gasteiger partial charge in [0, 0.05) is 24.4 Å². The van der Waals surface area contributed by atoms with Crippen molar-refractivity contribution >= 4 is 23.6 Å². The Morgan fingerprint density at radius 3 is 2.48 bits per heavy atom. The molecule has 7 heteroatoms. The van der Waals surface area contributed by atoms with Gasteiger partial charge in [-0.25, -0.2) is 0 Å². The summed E-state index contributed by atoms with van der Waals surface area (Å²) in [5.74, 6) is 2.69. The maximum Gasteiger partial charge on any atom is 0.253 e. The van der Waals surface area contributed by atoms with E-state index in [-0.39, 0.29) is 17.9 Å². The van der Waals surface area contributed by atoms with Crippen molar-refractivity contribution in [2.75, 3.05) is 32.1 Å². The molecule has 0 aromatic heterocycles. The third-order valence-electron chi connectivity index (χ3n) is 5.54. The van der Waals surface area contributed by atoms with Crippen LogP contribution in [0.15, 0.2) is 42.5 Å². The van der Waals surface area contributed by atoms with Gasteiger partial charge < -0.3 is 19.7 Å². The molecule has 2 amide bonds. The third-order valence-corrected chi connectivity index (χ3v) is 6.54. The molecule has 2 aliphatic rings. The summed E-state index contributed by atoms with van der Waals surface area (Å²) in [4.78, 5) is 26.7. The van der Waals surface area contributed by atoms with Gasteiger partial charge in [-0.1, -0.05) is 18.2 Å². The summed E-state index contributed by atoms with van der Waals surface area (Å²) >= 11 is 1.56. The molecule has 1 atom stereocenters. The summed E-state index contributed by atoms with van der Waals surface area (Å²) in [6.07, 6.45) is 2.19. The molecule has 2 aromatic carbocycles. The van der Waals surface area contributed by atoms with E-state index in [2.05, 4.69) is 5.32 Å². The van der Waals surface area contributed by atoms with E-state index in [0.29, 0.717) is 19.0 Å². The van der Waals surface area contributed by atoms with Crippen molar-refractivity contribution in [2.24, 2.45) is 0 Å². The zero-order chi connectivity index (χ0) is 21.6. The Morgan fingerprint density at radius 1 is 1.03 bits per heavy atom. The van der Waals surface area contributed by atoms with Gasteiger partial charge in [0.1, 0.15) is 13.2 Å². The Morgan fingerprint density at radius 2 is 1.74 bits per heavy atom. The number of amides is 2. The van der Waals surface area contributed by atoms with Gasteiger partial charge >= 0.3 is 0 Å². The van der Waals surface area contributed by atoms with Crippen LogP contribution in [-0.4, -0.2) is 48.8 Å². The second-order valence-electron chi connectivity index (χ2n) is 7.88. The number of carbonyl (C=O) groups excluding carboxylic acids is 2. The fourth-order valence-corrected chi connectivity index (χ4v) is 4.60. The second-order valence-corrected chi connectivity index (χ2v) is 8.87. The lowest BCUT2D eigenvalue weighted by molar-refractivity contribution is -0.119. The molecule has 2 aliphatic heterocycles. The first-order valence-electron chi connectivity index (χ1n) is 10.7. The highest BCUT2D eigenvalue weighted by Gasteiger charge is 2.19. The predicted octanol–water partition coefficient (Wildman–Crippen LogP) is 3.80. The smallest absolute Gasteiger partial charge is 0.253 e. The first-order valence-corrected chi connectivity index (χ1v) is 11.9. The van der Waals surface area contributed by atoms with Gasteiger partial charge in [-0.3, -0.25) is 9.59 Å². The normalized spacial score (nSPS) is 16.1. The number of nitrogens with zero attached hydrogens (tertiary/aromatic N) is 1. The molecule has 1 unspecified atom stereocenters. The molecule has 0 spiro atoms. The average molecular weight is 441 g/mol. The van der Waals surface area contributed by atoms with E-state index in [0.717, 1.165) is 59.9 Å². The molecule has 0 saturated carbocycles. The lowest BCUT2D eigenvalue weighted by Crippen LogP contribution is -2.28. The number of ether oxygens (including phenoxy) is 2. The van der Waals surface area contributed by atoms with Gasteiger partial charge in [0.2, 0.25) is 5.91 Å². The summed E-state index contributed by atoms with van der Waals surface area (Å²) in [6, 6.07) is 13.4. The summed E-state index contributed by atoms with van der Waals surface area (Å²) < 4.78 is 11.2. The van der Waals surface area contributed by atoms with Gasteiger partial charge in [-0.2, -0.15) is 0 Å². The highest BCUT2D eigenvalue weighted by atomic mass is 32.2. The molecule has 6 nitrogen and oxygen atoms in total. The van der Waals surface area contributed by atoms with Crippen LogP contribution in [0.2, 0.25) is 0 Å². The number of nitrogens with one attached hydrogen (secondary N) is 1. The summed E-state index contributed by atoms with van der Waals surface area (Å²) in [5.41, 5.74) is 2.83. The van der Waals surface area contributed by atoms with Crippen LogP contribution in [0.3, 0.4) is 0 Å². The lowest BCUT2D eigenvalue weighted by Gasteiger charge is -2.21. The van der Waals surface area contributed by atoms with E-state index < -0.39 is 0 Å². The van der Waals surface area contributed by atoms with E-state index in [4.69, 9.17) is 9.47 Å². The van der Waals surface area contributed by atoms with Crippen LogP contribution in [0.4, 0.5) is 0 Å². The van der Waals surface area contributed by atoms with E-state index in [9.17, 15) is 9.59 Å². The van der Waals surface area contributed by atoms with Gasteiger partial charge in [0.25, 0.3) is 5.91 Å². The Hall–Kier alpha value is -2.67. The third kappa shape index (κ3) is 5.53. The minimum atomic E-state index is -0.111. The van der Waals surface area contributed by atoms with Crippen molar-refractivity contribution in [1.82, 2.24) is 10.2 Å². The predicted molar refractivity (Wildman–Crippen MR) is 122 cm³/mol. The fraction of sp³-hybridized carbons (Fsp3) is 0.417. The molecule has 0 radical (unpaired) electrons. The van der Waals surface area contributed by atoms with E-state index >= 15 is 0 Å². The molecular formula is C24H28N2O4S. The Balaban J connectivity index is 1.22. The van der Waals surface area contributed by atoms with Crippen LogP contribution < -0.4 is 14.8 Å². The Labute approximate surface area is 187 Å². The Bertz CT molecular complexity index is 926. The molecule has 31 heavy (non-hydrogen) atoms. The number of rotatable bonds is 7. The largest absolute Gasteiger partial charge is 0.486 e. The molecule has 1 N–H and O–H groups in total. The van der Waals surface area contributed by atoms with Gasteiger partial charge in [0.15, 0.2) is 11.5 Å². The number of thioether (sulfide) groups is 1. The van der Waals surface area contributed by atoms with Crippen molar-refractivity contribution in [1.29, 1.82) is 0 Å². The fourth-order valence-electron chi connectivity index (χ4n) is 3.80. The highest BCUT2D eigenvalue weighted by molar-refractivity contribution is 7.99. The quantitative estimate of drug-likeness (QED) is 0.709. The summed E-state index contributed by atoms with van der Waals surface area (Å²) in [5, 5.41) is 3.04. The van der Waals surface area contributed by atoms with Crippen LogP contribution >= 0.6 is 11.8 Å². The van der Waals surface area contributed by atoms with Crippen LogP contribution in [-0.2, 0) is 10.5 Å². The van der Waals surface area contributed by atoms with Crippen molar-refractivity contribution < 1.29 is 19.1 Å². The minimum absolute atomic E-state index is 0.00628. The number of carbonyl (C=O) groups is 2. The van der Waals surface area contributed by atoms with Crippen molar-refractivity contribution in [3.63, 3.8) is 0 Å². The molecule has 4 rings (SSSR count). The lowest BCUT2D eigenvalue weighted by atomic mass is 10.1. The zero-order valence-corrected chi connectivity index (χ0v) is 18.6. The minimum Gasteiger partial charge on any atom is -0.486 e. The molecule has 1 fully saturated rings. The molecule has 2 aromatic rings. The number of likely N-dealkylation sites (tertiary alicyclic amines) is 1. The van der Waals surface area contributed by atoms with E-state index in [1.807, 2.05) is 54.3 Å². The second kappa shape index (κ2) is 10.1. The topological polar surface area (TPSA) is 67.9 Å². The monoisotopic (exact) mass is 440 g/mol. The number of fused-ring (bicyclic) bond motifs is 1. The Kier molecular flexibility index (Phi) is 7.02. The van der Waals surface area contributed by atoms with Crippen LogP contribution in [0.1, 0.15) is 47.3 Å². The maximum absolute atomic E-state index is 12.4. The molecule has 0 aliphatic carbocycles. The van der Waals surface area contributed by atoms with E-state index in [1.54, 1.807) is 11.8 Å². The van der Waals surface area contributed by atoms with Crippen LogP contribution in [0, 0.1) is 0 Å². The number of benzene rings is 2. The highest BCUT2D eigenvalue weighted by Crippen LogP contribution is 2.32. The number of hydrogen-bond donors (Lipinski definition) is 1. The molecule has 1 saturated heterocycles. The summed E-state index contributed by atoms with van der Waals surface area (Å²) in [7, 11) is 0.